The molecule has 4 atom stereocenters. The molecule has 3 aromatic carbocycles. The van der Waals surface area contributed by atoms with Crippen molar-refractivity contribution in [1.82, 2.24) is 5.32 Å². The van der Waals surface area contributed by atoms with E-state index in [9.17, 15) is 17.6 Å². The van der Waals surface area contributed by atoms with Gasteiger partial charge in [-0.2, -0.15) is 17.0 Å². The Morgan fingerprint density at radius 3 is 2.68 bits per heavy atom. The quantitative estimate of drug-likeness (QED) is 0.468. The van der Waals surface area contributed by atoms with Crippen LogP contribution in [-0.2, 0) is 15.3 Å². The van der Waals surface area contributed by atoms with Crippen LogP contribution in [0.5, 0.6) is 0 Å². The molecular weight excluding hydrogens is 521 g/mol. The molecule has 1 amide bonds. The lowest BCUT2D eigenvalue weighted by atomic mass is 9.74. The molecule has 3 aliphatic rings. The van der Waals surface area contributed by atoms with E-state index in [-0.39, 0.29) is 27.3 Å². The number of hydrogen-bond acceptors (Lipinski definition) is 6. The zero-order chi connectivity index (χ0) is 26.5. The standard InChI is InChI=1S/C29H26FN3O3S2/c30-23-4-2-1-3-21(23)26-15-29(11-12-37-26)17-32-24-10-7-19(13-22(24)29)28(34)33-25-14-27(25)38(35,36)20-8-5-18(16-31)6-9-20/h1-10,13,25-27,32H,11-12,14-15,17H2,(H,33,34). The van der Waals surface area contributed by atoms with Crippen LogP contribution >= 0.6 is 11.8 Å². The Morgan fingerprint density at radius 2 is 1.92 bits per heavy atom. The number of sulfone groups is 1. The van der Waals surface area contributed by atoms with Crippen molar-refractivity contribution in [3.63, 3.8) is 0 Å². The van der Waals surface area contributed by atoms with Crippen LogP contribution in [-0.4, -0.2) is 37.9 Å². The molecule has 0 radical (unpaired) electrons. The molecule has 0 bridgehead atoms. The first kappa shape index (κ1) is 25.0. The molecule has 4 unspecified atom stereocenters. The van der Waals surface area contributed by atoms with Gasteiger partial charge < -0.3 is 10.6 Å². The number of benzene rings is 3. The number of carbonyl (C=O) groups is 1. The smallest absolute Gasteiger partial charge is 0.251 e. The number of carbonyl (C=O) groups excluding carboxylic acids is 1. The van der Waals surface area contributed by atoms with Gasteiger partial charge in [-0.05, 0) is 79.1 Å². The summed E-state index contributed by atoms with van der Waals surface area (Å²) in [5, 5.41) is 14.7. The second-order valence-corrected chi connectivity index (χ2v) is 13.7. The van der Waals surface area contributed by atoms with E-state index < -0.39 is 21.1 Å². The van der Waals surface area contributed by atoms with E-state index in [4.69, 9.17) is 5.26 Å². The highest BCUT2D eigenvalue weighted by Gasteiger charge is 2.49. The normalized spacial score (nSPS) is 25.7. The van der Waals surface area contributed by atoms with Crippen LogP contribution < -0.4 is 10.6 Å². The van der Waals surface area contributed by atoms with Crippen molar-refractivity contribution in [2.75, 3.05) is 17.6 Å². The molecule has 6 rings (SSSR count). The van der Waals surface area contributed by atoms with Crippen LogP contribution in [0.1, 0.15) is 51.6 Å². The molecule has 1 saturated heterocycles. The third-order valence-electron chi connectivity index (χ3n) is 7.96. The third-order valence-corrected chi connectivity index (χ3v) is 11.5. The summed E-state index contributed by atoms with van der Waals surface area (Å²) in [5.74, 6) is 0.414. The highest BCUT2D eigenvalue weighted by Crippen LogP contribution is 2.53. The molecular formula is C29H26FN3O3S2. The summed E-state index contributed by atoms with van der Waals surface area (Å²) in [4.78, 5) is 13.3. The lowest BCUT2D eigenvalue weighted by Gasteiger charge is -2.38. The molecule has 1 spiro atoms. The Kier molecular flexibility index (Phi) is 6.20. The van der Waals surface area contributed by atoms with Crippen LogP contribution in [0, 0.1) is 17.1 Å². The average molecular weight is 548 g/mol. The Hall–Kier alpha value is -3.35. The maximum atomic E-state index is 14.6. The molecule has 2 heterocycles. The first-order valence-electron chi connectivity index (χ1n) is 12.6. The average Bonchev–Trinajstić information content (AvgIpc) is 3.64. The number of rotatable bonds is 5. The Balaban J connectivity index is 1.18. The SMILES string of the molecule is N#Cc1ccc(S(=O)(=O)C2CC2NC(=O)c2ccc3c(c2)C2(CCSC(c4ccccc4F)C2)CN3)cc1. The lowest BCUT2D eigenvalue weighted by Crippen LogP contribution is -2.35. The van der Waals surface area contributed by atoms with Gasteiger partial charge in [0.2, 0.25) is 0 Å². The number of fused-ring (bicyclic) bond motifs is 2. The molecule has 0 aromatic heterocycles. The van der Waals surface area contributed by atoms with E-state index in [1.54, 1.807) is 23.9 Å². The van der Waals surface area contributed by atoms with E-state index in [0.29, 0.717) is 17.5 Å². The van der Waals surface area contributed by atoms with Crippen molar-refractivity contribution in [3.8, 4) is 6.07 Å². The van der Waals surface area contributed by atoms with Crippen molar-refractivity contribution in [1.29, 1.82) is 5.26 Å². The zero-order valence-corrected chi connectivity index (χ0v) is 22.1. The number of nitrogens with one attached hydrogen (secondary N) is 2. The van der Waals surface area contributed by atoms with Crippen LogP contribution in [0.15, 0.2) is 71.6 Å². The van der Waals surface area contributed by atoms with Crippen LogP contribution in [0.3, 0.4) is 0 Å². The first-order valence-corrected chi connectivity index (χ1v) is 15.2. The number of halogens is 1. The van der Waals surface area contributed by atoms with Crippen molar-refractivity contribution in [2.45, 2.75) is 46.1 Å². The van der Waals surface area contributed by atoms with Gasteiger partial charge in [0.1, 0.15) is 5.82 Å². The lowest BCUT2D eigenvalue weighted by molar-refractivity contribution is 0.0951. The van der Waals surface area contributed by atoms with Crippen LogP contribution in [0.25, 0.3) is 0 Å². The molecule has 9 heteroatoms. The minimum Gasteiger partial charge on any atom is -0.384 e. The van der Waals surface area contributed by atoms with Crippen LogP contribution in [0.4, 0.5) is 10.1 Å². The maximum absolute atomic E-state index is 14.6. The predicted octanol–water partition coefficient (Wildman–Crippen LogP) is 4.97. The van der Waals surface area contributed by atoms with Crippen LogP contribution in [0.2, 0.25) is 0 Å². The Morgan fingerprint density at radius 1 is 1.13 bits per heavy atom. The summed E-state index contributed by atoms with van der Waals surface area (Å²) < 4.78 is 40.5. The Labute approximate surface area is 225 Å². The fourth-order valence-corrected chi connectivity index (χ4v) is 9.13. The summed E-state index contributed by atoms with van der Waals surface area (Å²) in [5.41, 5.74) is 3.49. The summed E-state index contributed by atoms with van der Waals surface area (Å²) in [7, 11) is -3.60. The van der Waals surface area contributed by atoms with Crippen molar-refractivity contribution < 1.29 is 17.6 Å². The van der Waals surface area contributed by atoms with Gasteiger partial charge in [-0.15, -0.1) is 0 Å². The second kappa shape index (κ2) is 9.44. The number of nitriles is 1. The highest BCUT2D eigenvalue weighted by molar-refractivity contribution is 7.99. The molecule has 1 aliphatic carbocycles. The zero-order valence-electron chi connectivity index (χ0n) is 20.5. The molecule has 2 fully saturated rings. The van der Waals surface area contributed by atoms with Crippen molar-refractivity contribution in [3.05, 3.63) is 94.8 Å². The fraction of sp³-hybridized carbons (Fsp3) is 0.310. The number of hydrogen-bond donors (Lipinski definition) is 2. The summed E-state index contributed by atoms with van der Waals surface area (Å²) in [6.07, 6.45) is 2.06. The molecule has 2 aliphatic heterocycles. The van der Waals surface area contributed by atoms with Gasteiger partial charge >= 0.3 is 0 Å². The monoisotopic (exact) mass is 547 g/mol. The number of nitrogens with zero attached hydrogens (tertiary/aromatic N) is 1. The van der Waals surface area contributed by atoms with Gasteiger partial charge in [-0.1, -0.05) is 18.2 Å². The fourth-order valence-electron chi connectivity index (χ4n) is 5.70. The van der Waals surface area contributed by atoms with Crippen molar-refractivity contribution in [2.24, 2.45) is 0 Å². The molecule has 2 N–H and O–H groups in total. The number of amides is 1. The number of thioether (sulfide) groups is 1. The molecule has 6 nitrogen and oxygen atoms in total. The molecule has 3 aromatic rings. The molecule has 194 valence electrons. The molecule has 1 saturated carbocycles. The third kappa shape index (κ3) is 4.36. The Bertz CT molecular complexity index is 1560. The summed E-state index contributed by atoms with van der Waals surface area (Å²) >= 11 is 1.78. The largest absolute Gasteiger partial charge is 0.384 e. The minimum absolute atomic E-state index is 0.0369. The predicted molar refractivity (Wildman–Crippen MR) is 145 cm³/mol. The van der Waals surface area contributed by atoms with Gasteiger partial charge in [0.15, 0.2) is 9.84 Å². The topological polar surface area (TPSA) is 99.1 Å². The summed E-state index contributed by atoms with van der Waals surface area (Å²) in [6.45, 7) is 0.743. The maximum Gasteiger partial charge on any atom is 0.251 e. The number of anilines is 1. The highest BCUT2D eigenvalue weighted by atomic mass is 32.2. The van der Waals surface area contributed by atoms with E-state index in [2.05, 4.69) is 10.6 Å². The van der Waals surface area contributed by atoms with E-state index in [1.165, 1.54) is 30.3 Å². The van der Waals surface area contributed by atoms with Gasteiger partial charge in [0.05, 0.1) is 21.8 Å². The van der Waals surface area contributed by atoms with E-state index in [1.807, 2.05) is 30.3 Å². The van der Waals surface area contributed by atoms with E-state index >= 15 is 0 Å². The van der Waals surface area contributed by atoms with E-state index in [0.717, 1.165) is 42.0 Å². The molecule has 38 heavy (non-hydrogen) atoms. The summed E-state index contributed by atoms with van der Waals surface area (Å²) in [6, 6.07) is 19.9. The van der Waals surface area contributed by atoms with Crippen molar-refractivity contribution >= 4 is 33.2 Å². The van der Waals surface area contributed by atoms with Gasteiger partial charge in [-0.25, -0.2) is 12.8 Å². The second-order valence-electron chi connectivity index (χ2n) is 10.3. The van der Waals surface area contributed by atoms with Gasteiger partial charge in [-0.3, -0.25) is 4.79 Å². The minimum atomic E-state index is -3.60. The van der Waals surface area contributed by atoms with Gasteiger partial charge in [0, 0.05) is 40.1 Å². The van der Waals surface area contributed by atoms with Gasteiger partial charge in [0.25, 0.3) is 5.91 Å². The first-order chi connectivity index (χ1) is 18.3.